The highest BCUT2D eigenvalue weighted by Gasteiger charge is 2.10. The first kappa shape index (κ1) is 14.2. The molecule has 0 aliphatic heterocycles. The Morgan fingerprint density at radius 3 is 2.90 bits per heavy atom. The van der Waals surface area contributed by atoms with Crippen molar-refractivity contribution in [3.8, 4) is 0 Å². The van der Waals surface area contributed by atoms with E-state index in [1.807, 2.05) is 0 Å². The first-order valence-electron chi connectivity index (χ1n) is 5.79. The second-order valence-corrected chi connectivity index (χ2v) is 5.14. The van der Waals surface area contributed by atoms with E-state index in [9.17, 15) is 14.0 Å². The molecule has 0 atom stereocenters. The minimum atomic E-state index is -0.990. The number of carboxylic acids is 1. The first-order valence-corrected chi connectivity index (χ1v) is 6.60. The van der Waals surface area contributed by atoms with E-state index in [-0.39, 0.29) is 18.8 Å². The Morgan fingerprint density at radius 1 is 1.45 bits per heavy atom. The van der Waals surface area contributed by atoms with Gasteiger partial charge in [-0.25, -0.2) is 14.2 Å². The van der Waals surface area contributed by atoms with Crippen LogP contribution >= 0.6 is 11.3 Å². The van der Waals surface area contributed by atoms with Crippen molar-refractivity contribution in [1.82, 2.24) is 10.3 Å². The van der Waals surface area contributed by atoms with Gasteiger partial charge in [-0.2, -0.15) is 0 Å². The summed E-state index contributed by atoms with van der Waals surface area (Å²) in [6.45, 7) is 1.68. The molecule has 20 heavy (non-hydrogen) atoms. The van der Waals surface area contributed by atoms with Crippen molar-refractivity contribution in [3.63, 3.8) is 0 Å². The van der Waals surface area contributed by atoms with Crippen molar-refractivity contribution in [2.75, 3.05) is 11.9 Å². The molecule has 1 heterocycles. The van der Waals surface area contributed by atoms with Crippen molar-refractivity contribution >= 4 is 38.7 Å². The fourth-order valence-electron chi connectivity index (χ4n) is 1.53. The summed E-state index contributed by atoms with van der Waals surface area (Å²) in [5.74, 6) is -1.34. The number of rotatable bonds is 4. The van der Waals surface area contributed by atoms with Crippen molar-refractivity contribution in [1.29, 1.82) is 0 Å². The third-order valence-electron chi connectivity index (χ3n) is 2.51. The summed E-state index contributed by atoms with van der Waals surface area (Å²) in [7, 11) is 0. The van der Waals surface area contributed by atoms with E-state index in [2.05, 4.69) is 15.6 Å². The van der Waals surface area contributed by atoms with Crippen LogP contribution in [0, 0.1) is 12.7 Å². The number of hydrogen-bond donors (Lipinski definition) is 3. The standard InChI is InChI=1S/C12H12FN3O3S/c1-6-4-9-8(5-7(6)13)15-12(20-9)16-11(19)14-3-2-10(17)18/h4-5H,2-3H2,1H3,(H,17,18)(H2,14,15,16,19). The molecule has 2 amide bonds. The van der Waals surface area contributed by atoms with Gasteiger partial charge >= 0.3 is 12.0 Å². The van der Waals surface area contributed by atoms with E-state index >= 15 is 0 Å². The third kappa shape index (κ3) is 3.41. The number of amides is 2. The van der Waals surface area contributed by atoms with Crippen LogP contribution in [0.1, 0.15) is 12.0 Å². The summed E-state index contributed by atoms with van der Waals surface area (Å²) in [5, 5.41) is 13.7. The molecule has 0 unspecified atom stereocenters. The number of fused-ring (bicyclic) bond motifs is 1. The second kappa shape index (κ2) is 5.83. The van der Waals surface area contributed by atoms with Gasteiger partial charge in [0.15, 0.2) is 5.13 Å². The zero-order valence-electron chi connectivity index (χ0n) is 10.6. The number of halogens is 1. The Balaban J connectivity index is 2.03. The van der Waals surface area contributed by atoms with E-state index in [0.29, 0.717) is 16.2 Å². The van der Waals surface area contributed by atoms with Crippen molar-refractivity contribution in [2.45, 2.75) is 13.3 Å². The molecule has 1 aromatic heterocycles. The largest absolute Gasteiger partial charge is 0.481 e. The molecule has 0 aliphatic carbocycles. The summed E-state index contributed by atoms with van der Waals surface area (Å²) in [6, 6.07) is 2.44. The molecular weight excluding hydrogens is 285 g/mol. The van der Waals surface area contributed by atoms with E-state index < -0.39 is 12.0 Å². The lowest BCUT2D eigenvalue weighted by atomic mass is 10.2. The zero-order valence-corrected chi connectivity index (χ0v) is 11.4. The van der Waals surface area contributed by atoms with E-state index in [4.69, 9.17) is 5.11 Å². The molecule has 0 bridgehead atoms. The number of benzene rings is 1. The SMILES string of the molecule is Cc1cc2sc(NC(=O)NCCC(=O)O)nc2cc1F. The summed E-state index contributed by atoms with van der Waals surface area (Å²) in [4.78, 5) is 25.9. The molecule has 0 saturated heterocycles. The van der Waals surface area contributed by atoms with Gasteiger partial charge in [0, 0.05) is 12.6 Å². The van der Waals surface area contributed by atoms with Crippen molar-refractivity contribution in [3.05, 3.63) is 23.5 Å². The molecule has 3 N–H and O–H groups in total. The minimum Gasteiger partial charge on any atom is -0.481 e. The Hall–Kier alpha value is -2.22. The number of carbonyl (C=O) groups is 2. The molecule has 0 aliphatic rings. The number of aliphatic carboxylic acids is 1. The average molecular weight is 297 g/mol. The van der Waals surface area contributed by atoms with Crippen LogP contribution in [0.4, 0.5) is 14.3 Å². The zero-order chi connectivity index (χ0) is 14.7. The van der Waals surface area contributed by atoms with Gasteiger partial charge in [0.25, 0.3) is 0 Å². The number of carboxylic acid groups (broad SMARTS) is 1. The summed E-state index contributed by atoms with van der Waals surface area (Å²) in [5.41, 5.74) is 0.984. The topological polar surface area (TPSA) is 91.3 Å². The third-order valence-corrected chi connectivity index (χ3v) is 3.45. The van der Waals surface area contributed by atoms with E-state index in [0.717, 1.165) is 4.70 Å². The molecule has 0 saturated carbocycles. The van der Waals surface area contributed by atoms with Crippen LogP contribution in [0.25, 0.3) is 10.2 Å². The average Bonchev–Trinajstić information content (AvgIpc) is 2.70. The number of hydrogen-bond acceptors (Lipinski definition) is 4. The lowest BCUT2D eigenvalue weighted by Crippen LogP contribution is -2.30. The minimum absolute atomic E-state index is 0.0276. The van der Waals surface area contributed by atoms with Gasteiger partial charge < -0.3 is 10.4 Å². The van der Waals surface area contributed by atoms with Crippen LogP contribution in [-0.4, -0.2) is 28.6 Å². The Kier molecular flexibility index (Phi) is 4.14. The first-order chi connectivity index (χ1) is 9.45. The lowest BCUT2D eigenvalue weighted by Gasteiger charge is -2.02. The fourth-order valence-corrected chi connectivity index (χ4v) is 2.47. The number of thiazole rings is 1. The number of nitrogens with zero attached hydrogens (tertiary/aromatic N) is 1. The maximum Gasteiger partial charge on any atom is 0.321 e. The number of urea groups is 1. The normalized spacial score (nSPS) is 10.5. The smallest absolute Gasteiger partial charge is 0.321 e. The molecule has 106 valence electrons. The summed E-state index contributed by atoms with van der Waals surface area (Å²) < 4.78 is 14.1. The highest BCUT2D eigenvalue weighted by Crippen LogP contribution is 2.27. The van der Waals surface area contributed by atoms with Crippen molar-refractivity contribution in [2.24, 2.45) is 0 Å². The van der Waals surface area contributed by atoms with Gasteiger partial charge in [-0.3, -0.25) is 10.1 Å². The Labute approximate surface area is 117 Å². The van der Waals surface area contributed by atoms with Gasteiger partial charge in [-0.05, 0) is 18.6 Å². The van der Waals surface area contributed by atoms with Gasteiger partial charge in [-0.1, -0.05) is 11.3 Å². The molecule has 2 aromatic rings. The molecule has 0 radical (unpaired) electrons. The summed E-state index contributed by atoms with van der Waals surface area (Å²) >= 11 is 1.22. The van der Waals surface area contributed by atoms with Gasteiger partial charge in [-0.15, -0.1) is 0 Å². The lowest BCUT2D eigenvalue weighted by molar-refractivity contribution is -0.136. The van der Waals surface area contributed by atoms with E-state index in [1.54, 1.807) is 13.0 Å². The molecule has 8 heteroatoms. The molecule has 0 spiro atoms. The highest BCUT2D eigenvalue weighted by atomic mass is 32.1. The molecule has 6 nitrogen and oxygen atoms in total. The van der Waals surface area contributed by atoms with Crippen LogP contribution in [0.5, 0.6) is 0 Å². The monoisotopic (exact) mass is 297 g/mol. The number of carbonyl (C=O) groups excluding carboxylic acids is 1. The second-order valence-electron chi connectivity index (χ2n) is 4.11. The summed E-state index contributed by atoms with van der Waals surface area (Å²) in [6.07, 6.45) is -0.155. The molecular formula is C12H12FN3O3S. The van der Waals surface area contributed by atoms with Crippen LogP contribution in [-0.2, 0) is 4.79 Å². The fraction of sp³-hybridized carbons (Fsp3) is 0.250. The van der Waals surface area contributed by atoms with Crippen LogP contribution in [0.3, 0.4) is 0 Å². The molecule has 0 fully saturated rings. The van der Waals surface area contributed by atoms with Gasteiger partial charge in [0.2, 0.25) is 0 Å². The van der Waals surface area contributed by atoms with Crippen LogP contribution in [0.15, 0.2) is 12.1 Å². The van der Waals surface area contributed by atoms with Crippen molar-refractivity contribution < 1.29 is 19.1 Å². The predicted octanol–water partition coefficient (Wildman–Crippen LogP) is 2.34. The predicted molar refractivity (Wildman–Crippen MR) is 73.6 cm³/mol. The van der Waals surface area contributed by atoms with Crippen LogP contribution < -0.4 is 10.6 Å². The number of anilines is 1. The number of aryl methyl sites for hydroxylation is 1. The Bertz CT molecular complexity index is 632. The quantitative estimate of drug-likeness (QED) is 0.807. The van der Waals surface area contributed by atoms with E-state index in [1.165, 1.54) is 17.4 Å². The van der Waals surface area contributed by atoms with Gasteiger partial charge in [0.05, 0.1) is 16.6 Å². The maximum atomic E-state index is 13.4. The van der Waals surface area contributed by atoms with Gasteiger partial charge in [0.1, 0.15) is 5.82 Å². The number of nitrogens with one attached hydrogen (secondary N) is 2. The molecule has 1 aromatic carbocycles. The number of aromatic nitrogens is 1. The maximum absolute atomic E-state index is 13.4. The van der Waals surface area contributed by atoms with Crippen LogP contribution in [0.2, 0.25) is 0 Å². The molecule has 2 rings (SSSR count). The Morgan fingerprint density at radius 2 is 2.20 bits per heavy atom. The highest BCUT2D eigenvalue weighted by molar-refractivity contribution is 7.22.